The van der Waals surface area contributed by atoms with Crippen molar-refractivity contribution in [3.63, 3.8) is 0 Å². The van der Waals surface area contributed by atoms with Gasteiger partial charge in [-0.05, 0) is 59.2 Å². The molecule has 0 spiro atoms. The predicted molar refractivity (Wildman–Crippen MR) is 82.3 cm³/mol. The number of hydrogen-bond donors (Lipinski definition) is 0. The molecule has 0 aromatic heterocycles. The monoisotopic (exact) mass is 257 g/mol. The standard InChI is InChI=1S/C15H35N3/c1-6-16(5)14-15-18(9-4)13-11-10-12-17(7-2)8-3/h6-15H2,1-5H3. The lowest BCUT2D eigenvalue weighted by molar-refractivity contribution is 0.227. The molecule has 0 unspecified atom stereocenters. The number of unbranched alkanes of at least 4 members (excludes halogenated alkanes) is 1. The van der Waals surface area contributed by atoms with E-state index in [0.29, 0.717) is 0 Å². The average Bonchev–Trinajstić information content (AvgIpc) is 2.41. The molecule has 0 aromatic carbocycles. The summed E-state index contributed by atoms with van der Waals surface area (Å²) in [5, 5.41) is 0. The summed E-state index contributed by atoms with van der Waals surface area (Å²) in [5.41, 5.74) is 0. The van der Waals surface area contributed by atoms with Crippen LogP contribution in [0.2, 0.25) is 0 Å². The maximum atomic E-state index is 2.58. The van der Waals surface area contributed by atoms with E-state index in [1.165, 1.54) is 58.7 Å². The van der Waals surface area contributed by atoms with Crippen LogP contribution in [0.3, 0.4) is 0 Å². The smallest absolute Gasteiger partial charge is 0.0109 e. The van der Waals surface area contributed by atoms with E-state index >= 15 is 0 Å². The van der Waals surface area contributed by atoms with Crippen LogP contribution in [0.1, 0.15) is 40.5 Å². The molecule has 18 heavy (non-hydrogen) atoms. The molecule has 0 saturated carbocycles. The zero-order chi connectivity index (χ0) is 13.8. The SMILES string of the molecule is CCN(C)CCN(CC)CCCCN(CC)CC. The summed E-state index contributed by atoms with van der Waals surface area (Å²) in [6.07, 6.45) is 2.67. The van der Waals surface area contributed by atoms with E-state index in [9.17, 15) is 0 Å². The Labute approximate surface area is 115 Å². The third-order valence-electron chi connectivity index (χ3n) is 3.88. The Morgan fingerprint density at radius 1 is 0.556 bits per heavy atom. The van der Waals surface area contributed by atoms with Gasteiger partial charge in [0.05, 0.1) is 0 Å². The van der Waals surface area contributed by atoms with Crippen LogP contribution in [0.4, 0.5) is 0 Å². The Balaban J connectivity index is 3.61. The highest BCUT2D eigenvalue weighted by atomic mass is 15.2. The van der Waals surface area contributed by atoms with Gasteiger partial charge >= 0.3 is 0 Å². The van der Waals surface area contributed by atoms with E-state index in [1.807, 2.05) is 0 Å². The molecule has 110 valence electrons. The van der Waals surface area contributed by atoms with Crippen LogP contribution >= 0.6 is 0 Å². The minimum atomic E-state index is 1.15. The second kappa shape index (κ2) is 11.9. The molecule has 0 aliphatic carbocycles. The van der Waals surface area contributed by atoms with Crippen molar-refractivity contribution in [2.75, 3.05) is 59.4 Å². The Hall–Kier alpha value is -0.120. The fraction of sp³-hybridized carbons (Fsp3) is 1.00. The largest absolute Gasteiger partial charge is 0.305 e. The van der Waals surface area contributed by atoms with Crippen molar-refractivity contribution in [2.24, 2.45) is 0 Å². The van der Waals surface area contributed by atoms with Crippen molar-refractivity contribution in [1.29, 1.82) is 0 Å². The zero-order valence-corrected chi connectivity index (χ0v) is 13.4. The highest BCUT2D eigenvalue weighted by molar-refractivity contribution is 4.60. The van der Waals surface area contributed by atoms with Gasteiger partial charge in [-0.15, -0.1) is 0 Å². The maximum Gasteiger partial charge on any atom is 0.0109 e. The molecule has 0 heterocycles. The topological polar surface area (TPSA) is 9.72 Å². The third kappa shape index (κ3) is 8.90. The summed E-state index contributed by atoms with van der Waals surface area (Å²) in [4.78, 5) is 7.48. The van der Waals surface area contributed by atoms with E-state index in [1.54, 1.807) is 0 Å². The van der Waals surface area contributed by atoms with Crippen molar-refractivity contribution in [3.8, 4) is 0 Å². The predicted octanol–water partition coefficient (Wildman–Crippen LogP) is 2.38. The van der Waals surface area contributed by atoms with Crippen molar-refractivity contribution in [1.82, 2.24) is 14.7 Å². The van der Waals surface area contributed by atoms with Crippen LogP contribution in [-0.2, 0) is 0 Å². The highest BCUT2D eigenvalue weighted by Crippen LogP contribution is 1.99. The zero-order valence-electron chi connectivity index (χ0n) is 13.4. The fourth-order valence-corrected chi connectivity index (χ4v) is 2.11. The molecule has 0 rings (SSSR count). The molecule has 0 fully saturated rings. The van der Waals surface area contributed by atoms with E-state index in [4.69, 9.17) is 0 Å². The van der Waals surface area contributed by atoms with Gasteiger partial charge in [0.2, 0.25) is 0 Å². The van der Waals surface area contributed by atoms with Gasteiger partial charge in [0.1, 0.15) is 0 Å². The van der Waals surface area contributed by atoms with Crippen molar-refractivity contribution in [3.05, 3.63) is 0 Å². The highest BCUT2D eigenvalue weighted by Gasteiger charge is 2.04. The van der Waals surface area contributed by atoms with Gasteiger partial charge < -0.3 is 14.7 Å². The fourth-order valence-electron chi connectivity index (χ4n) is 2.11. The number of rotatable bonds is 12. The molecular formula is C15H35N3. The number of likely N-dealkylation sites (N-methyl/N-ethyl adjacent to an activating group) is 2. The molecule has 0 saturated heterocycles. The van der Waals surface area contributed by atoms with Gasteiger partial charge in [0, 0.05) is 13.1 Å². The number of hydrogen-bond acceptors (Lipinski definition) is 3. The van der Waals surface area contributed by atoms with E-state index in [2.05, 4.69) is 49.4 Å². The summed E-state index contributed by atoms with van der Waals surface area (Å²) >= 11 is 0. The molecule has 0 N–H and O–H groups in total. The lowest BCUT2D eigenvalue weighted by atomic mass is 10.2. The van der Waals surface area contributed by atoms with Crippen molar-refractivity contribution in [2.45, 2.75) is 40.5 Å². The molecule has 3 nitrogen and oxygen atoms in total. The van der Waals surface area contributed by atoms with Crippen LogP contribution in [0.15, 0.2) is 0 Å². The summed E-state index contributed by atoms with van der Waals surface area (Å²) in [6, 6.07) is 0. The van der Waals surface area contributed by atoms with Crippen molar-refractivity contribution < 1.29 is 0 Å². The van der Waals surface area contributed by atoms with Gasteiger partial charge in [-0.2, -0.15) is 0 Å². The van der Waals surface area contributed by atoms with Crippen LogP contribution in [0.5, 0.6) is 0 Å². The Morgan fingerprint density at radius 2 is 1.06 bits per heavy atom. The van der Waals surface area contributed by atoms with Gasteiger partial charge in [-0.3, -0.25) is 0 Å². The Morgan fingerprint density at radius 3 is 1.50 bits per heavy atom. The molecule has 3 heteroatoms. The molecule has 0 radical (unpaired) electrons. The van der Waals surface area contributed by atoms with E-state index in [-0.39, 0.29) is 0 Å². The summed E-state index contributed by atoms with van der Waals surface area (Å²) in [6.45, 7) is 18.6. The molecule has 0 bridgehead atoms. The minimum Gasteiger partial charge on any atom is -0.305 e. The van der Waals surface area contributed by atoms with Crippen LogP contribution < -0.4 is 0 Å². The summed E-state index contributed by atoms with van der Waals surface area (Å²) in [5.74, 6) is 0. The Kier molecular flexibility index (Phi) is 11.9. The minimum absolute atomic E-state index is 1.15. The first-order chi connectivity index (χ1) is 8.67. The van der Waals surface area contributed by atoms with E-state index < -0.39 is 0 Å². The van der Waals surface area contributed by atoms with E-state index in [0.717, 1.165) is 6.54 Å². The van der Waals surface area contributed by atoms with Crippen LogP contribution in [0, 0.1) is 0 Å². The first-order valence-electron chi connectivity index (χ1n) is 7.81. The molecule has 0 aromatic rings. The van der Waals surface area contributed by atoms with Gasteiger partial charge in [0.15, 0.2) is 0 Å². The second-order valence-electron chi connectivity index (χ2n) is 5.06. The third-order valence-corrected chi connectivity index (χ3v) is 3.88. The normalized spacial score (nSPS) is 12.0. The van der Waals surface area contributed by atoms with Crippen molar-refractivity contribution >= 4 is 0 Å². The quantitative estimate of drug-likeness (QED) is 0.497. The average molecular weight is 257 g/mol. The second-order valence-corrected chi connectivity index (χ2v) is 5.06. The lowest BCUT2D eigenvalue weighted by Gasteiger charge is -2.24. The van der Waals surface area contributed by atoms with Gasteiger partial charge in [-0.25, -0.2) is 0 Å². The summed E-state index contributed by atoms with van der Waals surface area (Å²) in [7, 11) is 2.20. The number of nitrogens with zero attached hydrogens (tertiary/aromatic N) is 3. The molecule has 0 atom stereocenters. The molecule has 0 aliphatic heterocycles. The molecule has 0 aliphatic rings. The van der Waals surface area contributed by atoms with Gasteiger partial charge in [0.25, 0.3) is 0 Å². The summed E-state index contributed by atoms with van der Waals surface area (Å²) < 4.78 is 0. The lowest BCUT2D eigenvalue weighted by Crippen LogP contribution is -2.34. The molecular weight excluding hydrogens is 222 g/mol. The van der Waals surface area contributed by atoms with Gasteiger partial charge in [-0.1, -0.05) is 27.7 Å². The Bertz CT molecular complexity index is 169. The molecule has 0 amide bonds. The first kappa shape index (κ1) is 17.9. The van der Waals surface area contributed by atoms with Crippen LogP contribution in [0.25, 0.3) is 0 Å². The maximum absolute atomic E-state index is 2.58. The van der Waals surface area contributed by atoms with Crippen LogP contribution in [-0.4, -0.2) is 74.1 Å². The first-order valence-corrected chi connectivity index (χ1v) is 7.81.